The smallest absolute Gasteiger partial charge is 0.319 e. The van der Waals surface area contributed by atoms with Crippen LogP contribution >= 0.6 is 11.3 Å². The molecule has 1 aliphatic rings. The molecule has 1 unspecified atom stereocenters. The average Bonchev–Trinajstić information content (AvgIpc) is 3.24. The number of amides is 3. The van der Waals surface area contributed by atoms with Crippen molar-refractivity contribution in [1.82, 2.24) is 14.7 Å². The van der Waals surface area contributed by atoms with Crippen LogP contribution < -0.4 is 0 Å². The first-order chi connectivity index (χ1) is 14.5. The molecule has 30 heavy (non-hydrogen) atoms. The van der Waals surface area contributed by atoms with E-state index in [-0.39, 0.29) is 24.5 Å². The highest BCUT2D eigenvalue weighted by Gasteiger charge is 2.34. The second-order valence-corrected chi connectivity index (χ2v) is 8.60. The summed E-state index contributed by atoms with van der Waals surface area (Å²) in [7, 11) is 3.43. The average molecular weight is 430 g/mol. The Kier molecular flexibility index (Phi) is 7.87. The van der Waals surface area contributed by atoms with E-state index in [1.807, 2.05) is 30.0 Å². The predicted molar refractivity (Wildman–Crippen MR) is 120 cm³/mol. The lowest BCUT2D eigenvalue weighted by atomic mass is 9.93. The van der Waals surface area contributed by atoms with Gasteiger partial charge in [0.05, 0.1) is 6.04 Å². The van der Waals surface area contributed by atoms with Gasteiger partial charge in [0.1, 0.15) is 6.54 Å². The normalized spacial score (nSPS) is 15.6. The molecule has 3 amide bonds. The molecule has 1 aliphatic heterocycles. The molecule has 1 atom stereocenters. The first-order valence-corrected chi connectivity index (χ1v) is 11.4. The summed E-state index contributed by atoms with van der Waals surface area (Å²) in [5, 5.41) is 2.10. The fourth-order valence-electron chi connectivity index (χ4n) is 3.86. The van der Waals surface area contributed by atoms with Gasteiger partial charge in [0, 0.05) is 45.3 Å². The predicted octanol–water partition coefficient (Wildman–Crippen LogP) is 3.63. The summed E-state index contributed by atoms with van der Waals surface area (Å²) in [5.41, 5.74) is 2.31. The maximum Gasteiger partial charge on any atom is 0.319 e. The summed E-state index contributed by atoms with van der Waals surface area (Å²) in [6.45, 7) is 4.41. The van der Waals surface area contributed by atoms with Crippen molar-refractivity contribution in [2.45, 2.75) is 25.8 Å². The third-order valence-electron chi connectivity index (χ3n) is 5.30. The van der Waals surface area contributed by atoms with Crippen LogP contribution in [0, 0.1) is 0 Å². The molecule has 3 rings (SSSR count). The van der Waals surface area contributed by atoms with Crippen LogP contribution in [0.4, 0.5) is 4.79 Å². The number of fused-ring (bicyclic) bond motifs is 1. The Morgan fingerprint density at radius 3 is 2.67 bits per heavy atom. The van der Waals surface area contributed by atoms with Crippen molar-refractivity contribution in [3.05, 3.63) is 57.8 Å². The Hall–Kier alpha value is -2.38. The van der Waals surface area contributed by atoms with Crippen LogP contribution in [-0.2, 0) is 16.0 Å². The maximum atomic E-state index is 13.4. The van der Waals surface area contributed by atoms with Gasteiger partial charge in [-0.3, -0.25) is 4.79 Å². The van der Waals surface area contributed by atoms with Crippen molar-refractivity contribution in [2.24, 2.45) is 0 Å². The van der Waals surface area contributed by atoms with Crippen molar-refractivity contribution in [1.29, 1.82) is 0 Å². The SMILES string of the molecule is CCOCCCN(CC(=O)N1CCc2sccc2C1c1ccccc1)C(=O)N(C)C. The minimum absolute atomic E-state index is 0.0210. The molecule has 0 aliphatic carbocycles. The van der Waals surface area contributed by atoms with Gasteiger partial charge in [-0.25, -0.2) is 4.79 Å². The number of ether oxygens (including phenoxy) is 1. The van der Waals surface area contributed by atoms with Crippen molar-refractivity contribution in [3.63, 3.8) is 0 Å². The Balaban J connectivity index is 1.79. The van der Waals surface area contributed by atoms with E-state index < -0.39 is 0 Å². The first-order valence-electron chi connectivity index (χ1n) is 10.5. The number of benzene rings is 1. The fourth-order valence-corrected chi connectivity index (χ4v) is 4.76. The highest BCUT2D eigenvalue weighted by Crippen LogP contribution is 2.37. The number of nitrogens with zero attached hydrogens (tertiary/aromatic N) is 3. The monoisotopic (exact) mass is 429 g/mol. The first kappa shape index (κ1) is 22.3. The van der Waals surface area contributed by atoms with Gasteiger partial charge in [0.2, 0.25) is 5.91 Å². The minimum Gasteiger partial charge on any atom is -0.382 e. The summed E-state index contributed by atoms with van der Waals surface area (Å²) >= 11 is 1.75. The number of carbonyl (C=O) groups excluding carboxylic acids is 2. The molecule has 2 heterocycles. The van der Waals surface area contributed by atoms with E-state index in [9.17, 15) is 9.59 Å². The zero-order chi connectivity index (χ0) is 21.5. The highest BCUT2D eigenvalue weighted by molar-refractivity contribution is 7.10. The number of urea groups is 1. The van der Waals surface area contributed by atoms with E-state index >= 15 is 0 Å². The lowest BCUT2D eigenvalue weighted by molar-refractivity contribution is -0.134. The van der Waals surface area contributed by atoms with Crippen LogP contribution in [0.15, 0.2) is 41.8 Å². The van der Waals surface area contributed by atoms with Gasteiger partial charge < -0.3 is 19.4 Å². The van der Waals surface area contributed by atoms with Gasteiger partial charge in [0.25, 0.3) is 0 Å². The minimum atomic E-state index is -0.149. The molecule has 1 aromatic carbocycles. The number of rotatable bonds is 8. The lowest BCUT2D eigenvalue weighted by Crippen LogP contribution is -2.49. The molecule has 7 heteroatoms. The molecule has 162 valence electrons. The summed E-state index contributed by atoms with van der Waals surface area (Å²) in [6, 6.07) is 12.0. The van der Waals surface area contributed by atoms with E-state index in [4.69, 9.17) is 4.74 Å². The van der Waals surface area contributed by atoms with Crippen LogP contribution in [0.1, 0.15) is 35.4 Å². The number of thiophene rings is 1. The van der Waals surface area contributed by atoms with Crippen LogP contribution in [-0.4, -0.2) is 73.6 Å². The van der Waals surface area contributed by atoms with Crippen molar-refractivity contribution in [2.75, 3.05) is 46.9 Å². The molecular weight excluding hydrogens is 398 g/mol. The Morgan fingerprint density at radius 1 is 1.20 bits per heavy atom. The maximum absolute atomic E-state index is 13.4. The van der Waals surface area contributed by atoms with Crippen LogP contribution in [0.3, 0.4) is 0 Å². The standard InChI is InChI=1S/C23H31N3O3S/c1-4-29-15-8-13-25(23(28)24(2)3)17-21(27)26-14-11-20-19(12-16-30-20)22(26)18-9-6-5-7-10-18/h5-7,9-10,12,16,22H,4,8,11,13-15,17H2,1-3H3. The topological polar surface area (TPSA) is 53.1 Å². The van der Waals surface area contributed by atoms with Gasteiger partial charge in [-0.05, 0) is 42.3 Å². The number of carbonyl (C=O) groups is 2. The Labute approximate surface area is 183 Å². The third-order valence-corrected chi connectivity index (χ3v) is 6.30. The van der Waals surface area contributed by atoms with Gasteiger partial charge in [-0.15, -0.1) is 11.3 Å². The zero-order valence-electron chi connectivity index (χ0n) is 18.0. The van der Waals surface area contributed by atoms with Crippen LogP contribution in [0.2, 0.25) is 0 Å². The molecule has 0 fully saturated rings. The van der Waals surface area contributed by atoms with Crippen molar-refractivity contribution >= 4 is 23.3 Å². The lowest BCUT2D eigenvalue weighted by Gasteiger charge is -2.38. The summed E-state index contributed by atoms with van der Waals surface area (Å²) in [5.74, 6) is -0.0210. The molecule has 2 aromatic rings. The molecule has 0 spiro atoms. The van der Waals surface area contributed by atoms with Gasteiger partial charge >= 0.3 is 6.03 Å². The second kappa shape index (κ2) is 10.6. The van der Waals surface area contributed by atoms with Crippen LogP contribution in [0.25, 0.3) is 0 Å². The van der Waals surface area contributed by atoms with E-state index in [0.29, 0.717) is 32.7 Å². The molecule has 0 bridgehead atoms. The Bertz CT molecular complexity index is 837. The third kappa shape index (κ3) is 5.21. The van der Waals surface area contributed by atoms with Crippen molar-refractivity contribution in [3.8, 4) is 0 Å². The second-order valence-electron chi connectivity index (χ2n) is 7.60. The number of hydrogen-bond acceptors (Lipinski definition) is 4. The van der Waals surface area contributed by atoms with E-state index in [1.165, 1.54) is 15.3 Å². The van der Waals surface area contributed by atoms with Gasteiger partial charge in [-0.1, -0.05) is 30.3 Å². The summed E-state index contributed by atoms with van der Waals surface area (Å²) < 4.78 is 5.40. The van der Waals surface area contributed by atoms with Crippen LogP contribution in [0.5, 0.6) is 0 Å². The fraction of sp³-hybridized carbons (Fsp3) is 0.478. The molecule has 6 nitrogen and oxygen atoms in total. The summed E-state index contributed by atoms with van der Waals surface area (Å²) in [4.78, 5) is 32.5. The van der Waals surface area contributed by atoms with E-state index in [2.05, 4.69) is 23.6 Å². The van der Waals surface area contributed by atoms with Gasteiger partial charge in [-0.2, -0.15) is 0 Å². The zero-order valence-corrected chi connectivity index (χ0v) is 18.9. The molecular formula is C23H31N3O3S. The number of hydrogen-bond donors (Lipinski definition) is 0. The summed E-state index contributed by atoms with van der Waals surface area (Å²) in [6.07, 6.45) is 1.56. The van der Waals surface area contributed by atoms with E-state index in [0.717, 1.165) is 12.0 Å². The largest absolute Gasteiger partial charge is 0.382 e. The van der Waals surface area contributed by atoms with E-state index in [1.54, 1.807) is 30.3 Å². The van der Waals surface area contributed by atoms with Crippen molar-refractivity contribution < 1.29 is 14.3 Å². The molecule has 0 saturated heterocycles. The Morgan fingerprint density at radius 2 is 1.97 bits per heavy atom. The highest BCUT2D eigenvalue weighted by atomic mass is 32.1. The molecule has 0 radical (unpaired) electrons. The molecule has 0 saturated carbocycles. The molecule has 1 aromatic heterocycles. The van der Waals surface area contributed by atoms with Gasteiger partial charge in [0.15, 0.2) is 0 Å². The quantitative estimate of drug-likeness (QED) is 0.602. The molecule has 0 N–H and O–H groups in total.